The van der Waals surface area contributed by atoms with Gasteiger partial charge in [0.15, 0.2) is 0 Å². The predicted octanol–water partition coefficient (Wildman–Crippen LogP) is 4.43. The van der Waals surface area contributed by atoms with E-state index in [9.17, 15) is 9.59 Å². The molecule has 0 fully saturated rings. The van der Waals surface area contributed by atoms with E-state index in [-0.39, 0.29) is 12.3 Å². The molecule has 2 aromatic carbocycles. The van der Waals surface area contributed by atoms with E-state index in [1.807, 2.05) is 54.6 Å². The zero-order valence-electron chi connectivity index (χ0n) is 15.1. The lowest BCUT2D eigenvalue weighted by Crippen LogP contribution is -2.02. The number of benzene rings is 2. The van der Waals surface area contributed by atoms with E-state index < -0.39 is 12.1 Å². The highest BCUT2D eigenvalue weighted by molar-refractivity contribution is 5.82. The second-order valence-corrected chi connectivity index (χ2v) is 5.48. The molecule has 27 heavy (non-hydrogen) atoms. The average Bonchev–Trinajstić information content (AvgIpc) is 2.70. The third-order valence-electron chi connectivity index (χ3n) is 3.34. The van der Waals surface area contributed by atoms with Crippen LogP contribution in [-0.4, -0.2) is 19.2 Å². The number of hydrogen-bond acceptors (Lipinski definition) is 6. The molecule has 0 spiro atoms. The Balaban J connectivity index is 1.79. The molecule has 0 unspecified atom stereocenters. The smallest absolute Gasteiger partial charge is 0.452 e. The van der Waals surface area contributed by atoms with Crippen LogP contribution in [0, 0.1) is 0 Å². The number of esters is 1. The molecule has 0 heterocycles. The molecule has 2 aromatic rings. The van der Waals surface area contributed by atoms with Gasteiger partial charge in [-0.25, -0.2) is 9.59 Å². The second-order valence-electron chi connectivity index (χ2n) is 5.48. The van der Waals surface area contributed by atoms with Crippen LogP contribution in [0.5, 0.6) is 5.75 Å². The van der Waals surface area contributed by atoms with Gasteiger partial charge in [0.2, 0.25) is 0 Å². The first kappa shape index (κ1) is 19.8. The number of amides is 1. The Labute approximate surface area is 157 Å². The first-order chi connectivity index (χ1) is 13.1. The SMILES string of the molecule is COC(=O)N=N/C(C)=C/C(=O)OCc1ccc(OCc2ccccc2)cc1. The molecule has 7 nitrogen and oxygen atoms in total. The van der Waals surface area contributed by atoms with E-state index in [0.717, 1.165) is 23.0 Å². The van der Waals surface area contributed by atoms with Gasteiger partial charge in [-0.15, -0.1) is 5.11 Å². The van der Waals surface area contributed by atoms with Crippen molar-refractivity contribution in [2.45, 2.75) is 20.1 Å². The lowest BCUT2D eigenvalue weighted by molar-refractivity contribution is -0.139. The van der Waals surface area contributed by atoms with Gasteiger partial charge in [-0.2, -0.15) is 0 Å². The van der Waals surface area contributed by atoms with E-state index in [0.29, 0.717) is 6.61 Å². The van der Waals surface area contributed by atoms with Gasteiger partial charge < -0.3 is 14.2 Å². The number of ether oxygens (including phenoxy) is 3. The number of hydrogen-bond donors (Lipinski definition) is 0. The molecule has 0 saturated carbocycles. The third-order valence-corrected chi connectivity index (χ3v) is 3.34. The summed E-state index contributed by atoms with van der Waals surface area (Å²) in [5.41, 5.74) is 2.13. The molecule has 0 aliphatic heterocycles. The number of rotatable bonds is 7. The minimum absolute atomic E-state index is 0.107. The van der Waals surface area contributed by atoms with Crippen LogP contribution in [0.4, 0.5) is 4.79 Å². The van der Waals surface area contributed by atoms with E-state index in [2.05, 4.69) is 15.0 Å². The van der Waals surface area contributed by atoms with E-state index in [4.69, 9.17) is 9.47 Å². The quantitative estimate of drug-likeness (QED) is 0.410. The number of carbonyl (C=O) groups is 2. The van der Waals surface area contributed by atoms with Gasteiger partial charge in [0.1, 0.15) is 19.0 Å². The van der Waals surface area contributed by atoms with Crippen molar-refractivity contribution in [3.05, 3.63) is 77.5 Å². The summed E-state index contributed by atoms with van der Waals surface area (Å²) in [6, 6.07) is 17.1. The van der Waals surface area contributed by atoms with Crippen molar-refractivity contribution in [3.8, 4) is 5.75 Å². The monoisotopic (exact) mass is 368 g/mol. The normalized spacial score (nSPS) is 11.3. The minimum Gasteiger partial charge on any atom is -0.489 e. The van der Waals surface area contributed by atoms with Crippen molar-refractivity contribution in [2.75, 3.05) is 7.11 Å². The molecule has 140 valence electrons. The van der Waals surface area contributed by atoms with Crippen LogP contribution in [-0.2, 0) is 27.5 Å². The summed E-state index contributed by atoms with van der Waals surface area (Å²) in [6.45, 7) is 2.11. The number of carbonyl (C=O) groups excluding carboxylic acids is 2. The zero-order valence-corrected chi connectivity index (χ0v) is 15.1. The fourth-order valence-electron chi connectivity index (χ4n) is 1.98. The van der Waals surface area contributed by atoms with Crippen LogP contribution in [0.25, 0.3) is 0 Å². The Bertz CT molecular complexity index is 814. The Morgan fingerprint density at radius 2 is 1.59 bits per heavy atom. The maximum absolute atomic E-state index is 11.7. The van der Waals surface area contributed by atoms with Crippen LogP contribution < -0.4 is 4.74 Å². The lowest BCUT2D eigenvalue weighted by Gasteiger charge is -2.07. The minimum atomic E-state index is -0.842. The average molecular weight is 368 g/mol. The molecular formula is C20H20N2O5. The number of methoxy groups -OCH3 is 1. The van der Waals surface area contributed by atoms with Crippen molar-refractivity contribution in [1.29, 1.82) is 0 Å². The first-order valence-corrected chi connectivity index (χ1v) is 8.17. The standard InChI is InChI=1S/C20H20N2O5/c1-15(21-22-20(24)25-2)12-19(23)27-14-17-8-10-18(11-9-17)26-13-16-6-4-3-5-7-16/h3-12H,13-14H2,1-2H3/b15-12+,22-21?. The van der Waals surface area contributed by atoms with E-state index in [1.54, 1.807) is 0 Å². The fourth-order valence-corrected chi connectivity index (χ4v) is 1.98. The molecule has 0 N–H and O–H groups in total. The van der Waals surface area contributed by atoms with Crippen molar-refractivity contribution >= 4 is 12.1 Å². The third kappa shape index (κ3) is 7.52. The number of nitrogens with zero attached hydrogens (tertiary/aromatic N) is 2. The summed E-state index contributed by atoms with van der Waals surface area (Å²) in [6.07, 6.45) is 0.301. The van der Waals surface area contributed by atoms with Crippen molar-refractivity contribution in [3.63, 3.8) is 0 Å². The van der Waals surface area contributed by atoms with Crippen LogP contribution >= 0.6 is 0 Å². The molecular weight excluding hydrogens is 348 g/mol. The molecule has 0 radical (unpaired) electrons. The van der Waals surface area contributed by atoms with Gasteiger partial charge in [0.25, 0.3) is 0 Å². The molecule has 0 bridgehead atoms. The highest BCUT2D eigenvalue weighted by Crippen LogP contribution is 2.15. The van der Waals surface area contributed by atoms with Crippen LogP contribution in [0.3, 0.4) is 0 Å². The maximum Gasteiger partial charge on any atom is 0.452 e. The van der Waals surface area contributed by atoms with E-state index in [1.165, 1.54) is 14.0 Å². The largest absolute Gasteiger partial charge is 0.489 e. The van der Waals surface area contributed by atoms with Crippen molar-refractivity contribution < 1.29 is 23.8 Å². The van der Waals surface area contributed by atoms with Crippen molar-refractivity contribution in [1.82, 2.24) is 0 Å². The predicted molar refractivity (Wildman–Crippen MR) is 98.0 cm³/mol. The van der Waals surface area contributed by atoms with Gasteiger partial charge >= 0.3 is 12.1 Å². The van der Waals surface area contributed by atoms with Gasteiger partial charge in [0, 0.05) is 6.08 Å². The van der Waals surface area contributed by atoms with Crippen LogP contribution in [0.15, 0.2) is 76.6 Å². The molecule has 2 rings (SSSR count). The summed E-state index contributed by atoms with van der Waals surface area (Å²) in [5.74, 6) is 0.147. The fraction of sp³-hybridized carbons (Fsp3) is 0.200. The second kappa shape index (κ2) is 10.5. The molecule has 7 heteroatoms. The zero-order chi connectivity index (χ0) is 19.5. The molecule has 0 aliphatic rings. The summed E-state index contributed by atoms with van der Waals surface area (Å²) in [5, 5.41) is 6.78. The highest BCUT2D eigenvalue weighted by Gasteiger charge is 2.03. The topological polar surface area (TPSA) is 86.6 Å². The van der Waals surface area contributed by atoms with Crippen LogP contribution in [0.1, 0.15) is 18.1 Å². The maximum atomic E-state index is 11.7. The van der Waals surface area contributed by atoms with Gasteiger partial charge in [0.05, 0.1) is 12.8 Å². The number of azo groups is 1. The summed E-state index contributed by atoms with van der Waals surface area (Å²) < 4.78 is 15.1. The molecule has 0 saturated heterocycles. The van der Waals surface area contributed by atoms with Gasteiger partial charge in [-0.3, -0.25) is 0 Å². The molecule has 0 aromatic heterocycles. The molecule has 0 atom stereocenters. The lowest BCUT2D eigenvalue weighted by atomic mass is 10.2. The van der Waals surface area contributed by atoms with Gasteiger partial charge in [-0.05, 0) is 30.2 Å². The highest BCUT2D eigenvalue weighted by atomic mass is 16.5. The van der Waals surface area contributed by atoms with Gasteiger partial charge in [-0.1, -0.05) is 47.6 Å². The Kier molecular flexibility index (Phi) is 7.71. The molecule has 1 amide bonds. The van der Waals surface area contributed by atoms with Crippen LogP contribution in [0.2, 0.25) is 0 Å². The summed E-state index contributed by atoms with van der Waals surface area (Å²) in [4.78, 5) is 22.6. The Morgan fingerprint density at radius 1 is 0.926 bits per heavy atom. The number of allylic oxidation sites excluding steroid dienone is 1. The van der Waals surface area contributed by atoms with E-state index >= 15 is 0 Å². The Morgan fingerprint density at radius 3 is 2.26 bits per heavy atom. The summed E-state index contributed by atoms with van der Waals surface area (Å²) >= 11 is 0. The Hall–Kier alpha value is -3.48. The van der Waals surface area contributed by atoms with Crippen molar-refractivity contribution in [2.24, 2.45) is 10.2 Å². The first-order valence-electron chi connectivity index (χ1n) is 8.17. The summed E-state index contributed by atoms with van der Waals surface area (Å²) in [7, 11) is 1.19. The molecule has 0 aliphatic carbocycles.